The van der Waals surface area contributed by atoms with Gasteiger partial charge in [0, 0.05) is 0 Å². The summed E-state index contributed by atoms with van der Waals surface area (Å²) in [4.78, 5) is 0. The quantitative estimate of drug-likeness (QED) is 0.813. The molecule has 0 bridgehead atoms. The second kappa shape index (κ2) is 5.49. The number of aryl methyl sites for hydroxylation is 1. The van der Waals surface area contributed by atoms with Crippen molar-refractivity contribution in [1.29, 1.82) is 0 Å². The van der Waals surface area contributed by atoms with Crippen molar-refractivity contribution in [3.63, 3.8) is 0 Å². The van der Waals surface area contributed by atoms with Gasteiger partial charge in [-0.25, -0.2) is 0 Å². The van der Waals surface area contributed by atoms with Crippen molar-refractivity contribution in [3.05, 3.63) is 52.8 Å². The SMILES string of the molecule is Cc1nn(Cc2ccccc2)c(C)c1C1OCC[Se]1. The van der Waals surface area contributed by atoms with Gasteiger partial charge in [-0.3, -0.25) is 0 Å². The van der Waals surface area contributed by atoms with Crippen LogP contribution in [0.25, 0.3) is 0 Å². The summed E-state index contributed by atoms with van der Waals surface area (Å²) in [5, 5.41) is 6.24. The van der Waals surface area contributed by atoms with Crippen LogP contribution in [0.5, 0.6) is 0 Å². The predicted octanol–water partition coefficient (Wildman–Crippen LogP) is 2.70. The Morgan fingerprint density at radius 3 is 2.79 bits per heavy atom. The molecule has 0 N–H and O–H groups in total. The van der Waals surface area contributed by atoms with Crippen LogP contribution >= 0.6 is 0 Å². The zero-order valence-electron chi connectivity index (χ0n) is 11.3. The first-order valence-electron chi connectivity index (χ1n) is 6.57. The van der Waals surface area contributed by atoms with Crippen molar-refractivity contribution in [2.45, 2.75) is 30.7 Å². The van der Waals surface area contributed by atoms with Crippen LogP contribution in [-0.4, -0.2) is 31.3 Å². The molecule has 1 unspecified atom stereocenters. The molecule has 0 spiro atoms. The van der Waals surface area contributed by atoms with E-state index in [1.807, 2.05) is 6.07 Å². The van der Waals surface area contributed by atoms with Gasteiger partial charge in [0.15, 0.2) is 0 Å². The molecule has 3 rings (SSSR count). The van der Waals surface area contributed by atoms with Crippen LogP contribution in [0.1, 0.15) is 27.5 Å². The number of ether oxygens (including phenoxy) is 1. The van der Waals surface area contributed by atoms with E-state index in [0.29, 0.717) is 20.0 Å². The van der Waals surface area contributed by atoms with Gasteiger partial charge in [-0.2, -0.15) is 0 Å². The number of nitrogens with zero attached hydrogens (tertiary/aromatic N) is 2. The number of hydrogen-bond acceptors (Lipinski definition) is 2. The third-order valence-corrected chi connectivity index (χ3v) is 5.73. The normalized spacial score (nSPS) is 18.9. The van der Waals surface area contributed by atoms with Crippen molar-refractivity contribution in [2.24, 2.45) is 0 Å². The topological polar surface area (TPSA) is 27.1 Å². The first kappa shape index (κ1) is 12.9. The molecule has 2 heterocycles. The first-order valence-corrected chi connectivity index (χ1v) is 8.77. The van der Waals surface area contributed by atoms with Crippen molar-refractivity contribution < 1.29 is 4.74 Å². The van der Waals surface area contributed by atoms with E-state index >= 15 is 0 Å². The molecular weight excluding hydrogens is 303 g/mol. The summed E-state index contributed by atoms with van der Waals surface area (Å²) in [7, 11) is 0. The Labute approximate surface area is 120 Å². The summed E-state index contributed by atoms with van der Waals surface area (Å²) in [6, 6.07) is 10.5. The molecule has 19 heavy (non-hydrogen) atoms. The van der Waals surface area contributed by atoms with Crippen LogP contribution in [0.3, 0.4) is 0 Å². The summed E-state index contributed by atoms with van der Waals surface area (Å²) in [6.45, 7) is 6.01. The summed E-state index contributed by atoms with van der Waals surface area (Å²) < 4.78 is 7.95. The molecule has 3 nitrogen and oxygen atoms in total. The van der Waals surface area contributed by atoms with Crippen molar-refractivity contribution >= 4 is 15.0 Å². The van der Waals surface area contributed by atoms with Gasteiger partial charge in [-0.1, -0.05) is 0 Å². The Bertz CT molecular complexity index is 559. The molecule has 1 fully saturated rings. The minimum absolute atomic E-state index is 0.317. The molecular formula is C15H18N2OSe. The number of benzene rings is 1. The molecule has 0 saturated carbocycles. The fraction of sp³-hybridized carbons (Fsp3) is 0.400. The molecule has 0 amide bonds. The van der Waals surface area contributed by atoms with Gasteiger partial charge in [-0.15, -0.1) is 0 Å². The molecule has 1 aromatic carbocycles. The van der Waals surface area contributed by atoms with E-state index in [1.54, 1.807) is 0 Å². The van der Waals surface area contributed by atoms with Crippen LogP contribution in [0.2, 0.25) is 5.32 Å². The zero-order chi connectivity index (χ0) is 13.2. The van der Waals surface area contributed by atoms with Crippen molar-refractivity contribution in [1.82, 2.24) is 9.78 Å². The van der Waals surface area contributed by atoms with Gasteiger partial charge in [-0.05, 0) is 0 Å². The Hall–Kier alpha value is -1.09. The van der Waals surface area contributed by atoms with Gasteiger partial charge < -0.3 is 0 Å². The Balaban J connectivity index is 1.89. The number of rotatable bonds is 3. The van der Waals surface area contributed by atoms with E-state index in [0.717, 1.165) is 18.8 Å². The molecule has 1 aliphatic rings. The molecule has 1 saturated heterocycles. The average Bonchev–Trinajstić information content (AvgIpc) is 3.01. The Morgan fingerprint density at radius 1 is 1.32 bits per heavy atom. The predicted molar refractivity (Wildman–Crippen MR) is 76.5 cm³/mol. The maximum absolute atomic E-state index is 5.84. The zero-order valence-corrected chi connectivity index (χ0v) is 13.0. The van der Waals surface area contributed by atoms with Gasteiger partial charge in [0.1, 0.15) is 0 Å². The second-order valence-electron chi connectivity index (χ2n) is 4.80. The van der Waals surface area contributed by atoms with E-state index in [9.17, 15) is 0 Å². The van der Waals surface area contributed by atoms with Gasteiger partial charge in [0.05, 0.1) is 0 Å². The minimum atomic E-state index is 0.317. The van der Waals surface area contributed by atoms with Crippen LogP contribution < -0.4 is 0 Å². The molecule has 4 heteroatoms. The molecule has 0 radical (unpaired) electrons. The van der Waals surface area contributed by atoms with Crippen LogP contribution in [0.4, 0.5) is 0 Å². The second-order valence-corrected chi connectivity index (χ2v) is 7.26. The average molecular weight is 321 g/mol. The Kier molecular flexibility index (Phi) is 3.74. The monoisotopic (exact) mass is 322 g/mol. The fourth-order valence-corrected chi connectivity index (χ4v) is 4.81. The molecule has 2 aromatic rings. The van der Waals surface area contributed by atoms with Gasteiger partial charge in [0.25, 0.3) is 0 Å². The van der Waals surface area contributed by atoms with E-state index in [4.69, 9.17) is 9.84 Å². The van der Waals surface area contributed by atoms with Gasteiger partial charge >= 0.3 is 120 Å². The Morgan fingerprint density at radius 2 is 2.11 bits per heavy atom. The van der Waals surface area contributed by atoms with Crippen LogP contribution in [0, 0.1) is 13.8 Å². The molecule has 1 aromatic heterocycles. The van der Waals surface area contributed by atoms with Crippen LogP contribution in [-0.2, 0) is 11.3 Å². The molecule has 1 aliphatic heterocycles. The fourth-order valence-electron chi connectivity index (χ4n) is 2.49. The standard InChI is InChI=1S/C15H18N2OSe/c1-11-14(15-18-8-9-19-15)12(2)17(16-11)10-13-6-4-3-5-7-13/h3-7,15H,8-10H2,1-2H3. The molecule has 0 aliphatic carbocycles. The van der Waals surface area contributed by atoms with E-state index in [-0.39, 0.29) is 0 Å². The summed E-state index contributed by atoms with van der Waals surface area (Å²) in [6.07, 6.45) is 0. The number of hydrogen-bond donors (Lipinski definition) is 0. The van der Waals surface area contributed by atoms with Crippen molar-refractivity contribution in [2.75, 3.05) is 6.61 Å². The summed E-state index contributed by atoms with van der Waals surface area (Å²) in [5.41, 5.74) is 5.00. The maximum atomic E-state index is 5.84. The van der Waals surface area contributed by atoms with E-state index in [1.165, 1.54) is 22.1 Å². The van der Waals surface area contributed by atoms with Crippen LogP contribution in [0.15, 0.2) is 30.3 Å². The third kappa shape index (κ3) is 2.62. The number of aromatic nitrogens is 2. The van der Waals surface area contributed by atoms with E-state index in [2.05, 4.69) is 42.8 Å². The molecule has 1 atom stereocenters. The van der Waals surface area contributed by atoms with Gasteiger partial charge in [0.2, 0.25) is 0 Å². The van der Waals surface area contributed by atoms with Crippen molar-refractivity contribution in [3.8, 4) is 0 Å². The summed E-state index contributed by atoms with van der Waals surface area (Å²) in [5.74, 6) is 0. The first-order chi connectivity index (χ1) is 9.25. The van der Waals surface area contributed by atoms with E-state index < -0.39 is 0 Å². The summed E-state index contributed by atoms with van der Waals surface area (Å²) >= 11 is 0.566. The molecule has 100 valence electrons. The third-order valence-electron chi connectivity index (χ3n) is 3.47.